The molecular weight excluding hydrogens is 393 g/mol. The van der Waals surface area contributed by atoms with Crippen LogP contribution < -0.4 is 4.90 Å². The summed E-state index contributed by atoms with van der Waals surface area (Å²) < 4.78 is 0. The minimum Gasteiger partial charge on any atom is -0.274 e. The van der Waals surface area contributed by atoms with E-state index in [9.17, 15) is 9.59 Å². The fourth-order valence-corrected chi connectivity index (χ4v) is 5.38. The molecule has 2 bridgehead atoms. The van der Waals surface area contributed by atoms with Crippen LogP contribution in [-0.2, 0) is 9.59 Å². The largest absolute Gasteiger partial charge is 0.274 e. The number of carbonyl (C=O) groups excluding carboxylic acids is 2. The number of benzene rings is 2. The monoisotopic (exact) mass is 409 g/mol. The number of fused-ring (bicyclic) bond motifs is 5. The third-order valence-corrected chi connectivity index (χ3v) is 6.76. The van der Waals surface area contributed by atoms with E-state index in [1.165, 1.54) is 10.5 Å². The van der Waals surface area contributed by atoms with Crippen molar-refractivity contribution in [3.05, 3.63) is 81.9 Å². The molecule has 1 heterocycles. The van der Waals surface area contributed by atoms with Crippen LogP contribution in [0.25, 0.3) is 5.57 Å². The van der Waals surface area contributed by atoms with E-state index in [0.717, 1.165) is 11.1 Å². The third-order valence-electron chi connectivity index (χ3n) is 6.20. The highest BCUT2D eigenvalue weighted by Crippen LogP contribution is 2.58. The summed E-state index contributed by atoms with van der Waals surface area (Å²) in [5.74, 6) is -1.20. The highest BCUT2D eigenvalue weighted by molar-refractivity contribution is 6.38. The van der Waals surface area contributed by atoms with Gasteiger partial charge in [-0.15, -0.1) is 0 Å². The summed E-state index contributed by atoms with van der Waals surface area (Å²) in [6.07, 6.45) is 4.17. The zero-order valence-corrected chi connectivity index (χ0v) is 16.6. The van der Waals surface area contributed by atoms with E-state index in [1.54, 1.807) is 18.2 Å². The van der Waals surface area contributed by atoms with E-state index in [4.69, 9.17) is 23.2 Å². The van der Waals surface area contributed by atoms with Crippen molar-refractivity contribution < 1.29 is 9.59 Å². The molecule has 140 valence electrons. The number of imide groups is 1. The van der Waals surface area contributed by atoms with Gasteiger partial charge in [0.25, 0.3) is 0 Å². The number of allylic oxidation sites excluding steroid dienone is 4. The molecule has 2 aliphatic carbocycles. The Morgan fingerprint density at radius 2 is 1.50 bits per heavy atom. The summed E-state index contributed by atoms with van der Waals surface area (Å²) in [5.41, 5.74) is 3.86. The molecular formula is C23H17Cl2NO2. The van der Waals surface area contributed by atoms with Gasteiger partial charge in [0.05, 0.1) is 22.5 Å². The van der Waals surface area contributed by atoms with E-state index in [0.29, 0.717) is 15.7 Å². The molecule has 0 radical (unpaired) electrons. The first kappa shape index (κ1) is 17.7. The molecule has 2 aromatic rings. The van der Waals surface area contributed by atoms with Gasteiger partial charge in [0.2, 0.25) is 11.8 Å². The molecule has 1 aliphatic heterocycles. The van der Waals surface area contributed by atoms with Crippen molar-refractivity contribution in [2.75, 3.05) is 4.90 Å². The van der Waals surface area contributed by atoms with Gasteiger partial charge in [-0.3, -0.25) is 9.59 Å². The zero-order chi connectivity index (χ0) is 19.6. The standard InChI is InChI=1S/C23H17Cl2NO2/c1-12(13-5-3-2-4-6-13)19-15-8-9-16(19)21-20(15)22(27)26(23(21)28)18-11-14(24)7-10-17(18)25/h2-11,15-16,20-21H,1H3/t15-,16-,20-,21-/m1/s1. The van der Waals surface area contributed by atoms with Crippen LogP contribution in [0.5, 0.6) is 0 Å². The van der Waals surface area contributed by atoms with Crippen LogP contribution in [0.2, 0.25) is 10.0 Å². The zero-order valence-electron chi connectivity index (χ0n) is 15.1. The average molecular weight is 410 g/mol. The Balaban J connectivity index is 1.57. The third kappa shape index (κ3) is 2.36. The maximum atomic E-state index is 13.3. The predicted molar refractivity (Wildman–Crippen MR) is 111 cm³/mol. The van der Waals surface area contributed by atoms with Crippen molar-refractivity contribution in [1.29, 1.82) is 0 Å². The molecule has 2 amide bonds. The Hall–Kier alpha value is -2.36. The molecule has 2 fully saturated rings. The molecule has 0 spiro atoms. The molecule has 4 atom stereocenters. The van der Waals surface area contributed by atoms with Crippen molar-refractivity contribution in [2.24, 2.45) is 23.7 Å². The fourth-order valence-electron chi connectivity index (χ4n) is 5.01. The normalized spacial score (nSPS) is 27.7. The summed E-state index contributed by atoms with van der Waals surface area (Å²) in [7, 11) is 0. The SMILES string of the molecule is CC(=C1[C@H]2C=C[C@H]1[C@H]1C(=O)N(c3cc(Cl)ccc3Cl)C(=O)[C@@H]12)c1ccccc1. The van der Waals surface area contributed by atoms with Crippen LogP contribution in [0.1, 0.15) is 12.5 Å². The second-order valence-electron chi connectivity index (χ2n) is 7.54. The average Bonchev–Trinajstić information content (AvgIpc) is 3.34. The smallest absolute Gasteiger partial charge is 0.238 e. The summed E-state index contributed by atoms with van der Waals surface area (Å²) in [5, 5.41) is 0.793. The molecule has 28 heavy (non-hydrogen) atoms. The van der Waals surface area contributed by atoms with Gasteiger partial charge in [0.15, 0.2) is 0 Å². The molecule has 1 saturated heterocycles. The first-order valence-electron chi connectivity index (χ1n) is 9.26. The summed E-state index contributed by atoms with van der Waals surface area (Å²) in [4.78, 5) is 27.8. The molecule has 3 aliphatic rings. The minimum atomic E-state index is -0.369. The van der Waals surface area contributed by atoms with Crippen molar-refractivity contribution in [3.8, 4) is 0 Å². The topological polar surface area (TPSA) is 37.4 Å². The van der Waals surface area contributed by atoms with Crippen LogP contribution in [0.15, 0.2) is 66.3 Å². The highest BCUT2D eigenvalue weighted by Gasteiger charge is 2.62. The van der Waals surface area contributed by atoms with Gasteiger partial charge in [-0.25, -0.2) is 4.90 Å². The second-order valence-corrected chi connectivity index (χ2v) is 8.39. The number of anilines is 1. The van der Waals surface area contributed by atoms with Gasteiger partial charge in [0, 0.05) is 16.9 Å². The number of rotatable bonds is 2. The van der Waals surface area contributed by atoms with Gasteiger partial charge in [0.1, 0.15) is 0 Å². The summed E-state index contributed by atoms with van der Waals surface area (Å²) in [6, 6.07) is 15.0. The van der Waals surface area contributed by atoms with Gasteiger partial charge in [-0.05, 0) is 36.3 Å². The van der Waals surface area contributed by atoms with E-state index < -0.39 is 0 Å². The first-order valence-corrected chi connectivity index (χ1v) is 10.0. The van der Waals surface area contributed by atoms with Crippen LogP contribution in [0, 0.1) is 23.7 Å². The lowest BCUT2D eigenvalue weighted by Crippen LogP contribution is -2.33. The van der Waals surface area contributed by atoms with E-state index in [1.807, 2.05) is 18.2 Å². The fraction of sp³-hybridized carbons (Fsp3) is 0.217. The van der Waals surface area contributed by atoms with Crippen molar-refractivity contribution in [3.63, 3.8) is 0 Å². The van der Waals surface area contributed by atoms with Crippen molar-refractivity contribution >= 4 is 46.3 Å². The minimum absolute atomic E-state index is 0.0467. The lowest BCUT2D eigenvalue weighted by atomic mass is 9.85. The van der Waals surface area contributed by atoms with Gasteiger partial charge in [-0.1, -0.05) is 71.3 Å². The molecule has 0 aromatic heterocycles. The molecule has 0 N–H and O–H groups in total. The highest BCUT2D eigenvalue weighted by atomic mass is 35.5. The lowest BCUT2D eigenvalue weighted by molar-refractivity contribution is -0.122. The number of hydrogen-bond donors (Lipinski definition) is 0. The number of nitrogens with zero attached hydrogens (tertiary/aromatic N) is 1. The first-order chi connectivity index (χ1) is 13.5. The van der Waals surface area contributed by atoms with Crippen LogP contribution in [0.4, 0.5) is 5.69 Å². The molecule has 3 nitrogen and oxygen atoms in total. The Kier molecular flexibility index (Phi) is 4.01. The number of hydrogen-bond acceptors (Lipinski definition) is 2. The van der Waals surface area contributed by atoms with E-state index in [-0.39, 0.29) is 35.5 Å². The van der Waals surface area contributed by atoms with Gasteiger partial charge < -0.3 is 0 Å². The summed E-state index contributed by atoms with van der Waals surface area (Å²) >= 11 is 12.4. The van der Waals surface area contributed by atoms with Gasteiger partial charge >= 0.3 is 0 Å². The molecule has 2 aromatic carbocycles. The van der Waals surface area contributed by atoms with Crippen molar-refractivity contribution in [2.45, 2.75) is 6.92 Å². The maximum absolute atomic E-state index is 13.3. The van der Waals surface area contributed by atoms with E-state index in [2.05, 4.69) is 31.2 Å². The predicted octanol–water partition coefficient (Wildman–Crippen LogP) is 5.39. The van der Waals surface area contributed by atoms with E-state index >= 15 is 0 Å². The molecule has 5 rings (SSSR count). The Labute approximate surface area is 173 Å². The van der Waals surface area contributed by atoms with Crippen LogP contribution >= 0.6 is 23.2 Å². The van der Waals surface area contributed by atoms with Crippen LogP contribution in [-0.4, -0.2) is 11.8 Å². The van der Waals surface area contributed by atoms with Crippen LogP contribution in [0.3, 0.4) is 0 Å². The lowest BCUT2D eigenvalue weighted by Gasteiger charge is -2.21. The molecule has 5 heteroatoms. The Morgan fingerprint density at radius 1 is 0.893 bits per heavy atom. The number of carbonyl (C=O) groups is 2. The second kappa shape index (κ2) is 6.33. The molecule has 0 unspecified atom stereocenters. The Morgan fingerprint density at radius 3 is 2.11 bits per heavy atom. The quantitative estimate of drug-likeness (QED) is 0.492. The number of halogens is 2. The summed E-state index contributed by atoms with van der Waals surface area (Å²) in [6.45, 7) is 2.08. The molecule has 1 saturated carbocycles. The Bertz CT molecular complexity index is 1040. The number of amides is 2. The van der Waals surface area contributed by atoms with Crippen molar-refractivity contribution in [1.82, 2.24) is 0 Å². The van der Waals surface area contributed by atoms with Gasteiger partial charge in [-0.2, -0.15) is 0 Å². The maximum Gasteiger partial charge on any atom is 0.238 e.